The summed E-state index contributed by atoms with van der Waals surface area (Å²) in [6.45, 7) is 8.09. The third kappa shape index (κ3) is 6.10. The van der Waals surface area contributed by atoms with Crippen molar-refractivity contribution in [1.29, 1.82) is 0 Å². The second-order valence-corrected chi connectivity index (χ2v) is 6.97. The molecule has 7 nitrogen and oxygen atoms in total. The van der Waals surface area contributed by atoms with Gasteiger partial charge < -0.3 is 16.0 Å². The number of nitrogens with two attached hydrogens (primary N) is 1. The predicted molar refractivity (Wildman–Crippen MR) is 124 cm³/mol. The van der Waals surface area contributed by atoms with E-state index in [0.717, 1.165) is 18.4 Å². The van der Waals surface area contributed by atoms with E-state index in [1.807, 2.05) is 30.3 Å². The minimum absolute atomic E-state index is 0.210. The van der Waals surface area contributed by atoms with Crippen LogP contribution in [0.3, 0.4) is 0 Å². The van der Waals surface area contributed by atoms with Crippen LogP contribution in [-0.4, -0.2) is 47.8 Å². The smallest absolute Gasteiger partial charge is 0.165 e. The number of aromatic nitrogens is 3. The van der Waals surface area contributed by atoms with E-state index in [0.29, 0.717) is 35.3 Å². The zero-order valence-corrected chi connectivity index (χ0v) is 18.1. The van der Waals surface area contributed by atoms with Crippen molar-refractivity contribution < 1.29 is 4.39 Å². The van der Waals surface area contributed by atoms with Crippen LogP contribution < -0.4 is 16.0 Å². The van der Waals surface area contributed by atoms with E-state index >= 15 is 0 Å². The predicted octanol–water partition coefficient (Wildman–Crippen LogP) is 3.91. The minimum Gasteiger partial charge on any atom is -0.393 e. The first-order valence-corrected chi connectivity index (χ1v) is 9.89. The Labute approximate surface area is 177 Å². The summed E-state index contributed by atoms with van der Waals surface area (Å²) in [5, 5.41) is 3.29. The number of allylic oxidation sites excluding steroid dienone is 3. The van der Waals surface area contributed by atoms with Crippen LogP contribution in [-0.2, 0) is 6.42 Å². The molecule has 0 amide bonds. The van der Waals surface area contributed by atoms with Gasteiger partial charge in [-0.1, -0.05) is 19.6 Å². The zero-order valence-electron chi connectivity index (χ0n) is 18.1. The molecule has 1 unspecified atom stereocenters. The lowest BCUT2D eigenvalue weighted by Crippen LogP contribution is -2.30. The molecule has 2 aromatic rings. The van der Waals surface area contributed by atoms with Crippen LogP contribution in [0, 0.1) is 0 Å². The van der Waals surface area contributed by atoms with Crippen LogP contribution in [0.15, 0.2) is 48.0 Å². The summed E-state index contributed by atoms with van der Waals surface area (Å²) >= 11 is 0. The molecule has 2 aromatic heterocycles. The van der Waals surface area contributed by atoms with Gasteiger partial charge >= 0.3 is 0 Å². The first-order chi connectivity index (χ1) is 14.4. The van der Waals surface area contributed by atoms with Gasteiger partial charge in [-0.05, 0) is 37.5 Å². The van der Waals surface area contributed by atoms with Crippen LogP contribution in [0.1, 0.15) is 31.7 Å². The van der Waals surface area contributed by atoms with Crippen LogP contribution in [0.5, 0.6) is 0 Å². The summed E-state index contributed by atoms with van der Waals surface area (Å²) in [5.74, 6) is 0.794. The van der Waals surface area contributed by atoms with E-state index < -0.39 is 5.83 Å². The highest BCUT2D eigenvalue weighted by atomic mass is 19.1. The number of hydrogen-bond donors (Lipinski definition) is 2. The molecule has 0 saturated carbocycles. The van der Waals surface area contributed by atoms with Gasteiger partial charge in [0.25, 0.3) is 0 Å². The van der Waals surface area contributed by atoms with Gasteiger partial charge in [0.05, 0.1) is 0 Å². The van der Waals surface area contributed by atoms with E-state index in [9.17, 15) is 4.39 Å². The van der Waals surface area contributed by atoms with Gasteiger partial charge in [-0.15, -0.1) is 0 Å². The molecule has 0 fully saturated rings. The topological polar surface area (TPSA) is 92.3 Å². The van der Waals surface area contributed by atoms with Crippen LogP contribution in [0.2, 0.25) is 0 Å². The second-order valence-electron chi connectivity index (χ2n) is 6.97. The maximum absolute atomic E-state index is 13.5. The molecule has 0 bridgehead atoms. The van der Waals surface area contributed by atoms with Crippen molar-refractivity contribution in [2.75, 3.05) is 36.6 Å². The number of anilines is 3. The van der Waals surface area contributed by atoms with Crippen LogP contribution >= 0.6 is 0 Å². The highest BCUT2D eigenvalue weighted by Crippen LogP contribution is 2.30. The molecule has 8 heteroatoms. The van der Waals surface area contributed by atoms with Crippen LogP contribution in [0.4, 0.5) is 21.7 Å². The van der Waals surface area contributed by atoms with Gasteiger partial charge in [-0.2, -0.15) is 0 Å². The summed E-state index contributed by atoms with van der Waals surface area (Å²) < 4.78 is 13.5. The maximum atomic E-state index is 13.5. The Kier molecular flexibility index (Phi) is 8.46. The van der Waals surface area contributed by atoms with Crippen molar-refractivity contribution in [3.63, 3.8) is 0 Å². The summed E-state index contributed by atoms with van der Waals surface area (Å²) in [6.07, 6.45) is 7.99. The lowest BCUT2D eigenvalue weighted by molar-refractivity contribution is 0.656. The number of nitrogen functional groups attached to an aromatic ring is 1. The molecule has 160 valence electrons. The molecular weight excluding hydrogens is 381 g/mol. The van der Waals surface area contributed by atoms with Gasteiger partial charge in [-0.3, -0.25) is 9.98 Å². The van der Waals surface area contributed by atoms with Gasteiger partial charge in [-0.25, -0.2) is 14.4 Å². The summed E-state index contributed by atoms with van der Waals surface area (Å²) in [5.41, 5.74) is 8.37. The van der Waals surface area contributed by atoms with Gasteiger partial charge in [0, 0.05) is 50.9 Å². The number of nitrogens with zero attached hydrogens (tertiary/aromatic N) is 5. The number of pyridine rings is 1. The van der Waals surface area contributed by atoms with Gasteiger partial charge in [0.2, 0.25) is 0 Å². The lowest BCUT2D eigenvalue weighted by Gasteiger charge is -2.27. The fraction of sp³-hybridized carbons (Fsp3) is 0.364. The van der Waals surface area contributed by atoms with Crippen molar-refractivity contribution >= 4 is 29.1 Å². The number of hydrogen-bond acceptors (Lipinski definition) is 7. The maximum Gasteiger partial charge on any atom is 0.165 e. The van der Waals surface area contributed by atoms with E-state index in [1.54, 1.807) is 13.2 Å². The molecule has 0 aliphatic rings. The molecule has 0 saturated heterocycles. The average molecular weight is 412 g/mol. The molecule has 1 atom stereocenters. The highest BCUT2D eigenvalue weighted by molar-refractivity contribution is 6.09. The SMILES string of the molecule is C=C(F)/C=C(\C=N/C)c1nc(NCCc2cccnc2)c(N)c(N(C)C(C)CC)n1. The molecule has 2 heterocycles. The Hall–Kier alpha value is -3.29. The molecule has 0 aliphatic heterocycles. The van der Waals surface area contributed by atoms with Crippen molar-refractivity contribution in [3.8, 4) is 0 Å². The fourth-order valence-electron chi connectivity index (χ4n) is 2.81. The molecule has 2 rings (SSSR count). The van der Waals surface area contributed by atoms with E-state index in [-0.39, 0.29) is 6.04 Å². The second kappa shape index (κ2) is 11.0. The van der Waals surface area contributed by atoms with Gasteiger partial charge in [0.1, 0.15) is 11.5 Å². The number of rotatable bonds is 10. The summed E-state index contributed by atoms with van der Waals surface area (Å²) in [6, 6.07) is 4.12. The molecular formula is C22H30FN7. The van der Waals surface area contributed by atoms with Crippen molar-refractivity contribution in [2.45, 2.75) is 32.7 Å². The van der Waals surface area contributed by atoms with E-state index in [2.05, 4.69) is 45.7 Å². The fourth-order valence-corrected chi connectivity index (χ4v) is 2.81. The monoisotopic (exact) mass is 411 g/mol. The third-order valence-corrected chi connectivity index (χ3v) is 4.78. The molecule has 0 aromatic carbocycles. The molecule has 0 aliphatic carbocycles. The zero-order chi connectivity index (χ0) is 22.1. The lowest BCUT2D eigenvalue weighted by atomic mass is 10.2. The summed E-state index contributed by atoms with van der Waals surface area (Å²) in [4.78, 5) is 19.3. The van der Waals surface area contributed by atoms with Gasteiger partial charge in [0.15, 0.2) is 17.5 Å². The Bertz CT molecular complexity index is 909. The molecule has 3 N–H and O–H groups in total. The molecule has 0 radical (unpaired) electrons. The Morgan fingerprint density at radius 2 is 2.20 bits per heavy atom. The van der Waals surface area contributed by atoms with Crippen molar-refractivity contribution in [3.05, 3.63) is 54.4 Å². The Balaban J connectivity index is 2.44. The highest BCUT2D eigenvalue weighted by Gasteiger charge is 2.19. The quantitative estimate of drug-likeness (QED) is 0.455. The normalized spacial score (nSPS) is 12.8. The first-order valence-electron chi connectivity index (χ1n) is 9.89. The largest absolute Gasteiger partial charge is 0.393 e. The van der Waals surface area contributed by atoms with E-state index in [1.165, 1.54) is 12.3 Å². The van der Waals surface area contributed by atoms with E-state index in [4.69, 9.17) is 5.73 Å². The average Bonchev–Trinajstić information content (AvgIpc) is 2.74. The third-order valence-electron chi connectivity index (χ3n) is 4.78. The Morgan fingerprint density at radius 3 is 2.80 bits per heavy atom. The number of aliphatic imine (C=N–C) groups is 1. The first kappa shape index (κ1) is 23.0. The standard InChI is InChI=1S/C22H30FN7/c1-6-16(3)30(5)22-19(24)21(27-11-9-17-8-7-10-26-13-17)28-20(29-22)18(14-25-4)12-15(2)23/h7-8,10,12-14,16H,2,6,9,11,24H2,1,3-5H3,(H,27,28,29)/b18-12+,25-14-. The molecule has 30 heavy (non-hydrogen) atoms. The molecule has 0 spiro atoms. The summed E-state index contributed by atoms with van der Waals surface area (Å²) in [7, 11) is 3.53. The van der Waals surface area contributed by atoms with Crippen molar-refractivity contribution in [2.24, 2.45) is 4.99 Å². The minimum atomic E-state index is -0.603. The van der Waals surface area contributed by atoms with Crippen molar-refractivity contribution in [1.82, 2.24) is 15.0 Å². The number of halogens is 1. The number of nitrogens with one attached hydrogen (secondary N) is 1. The Morgan fingerprint density at radius 1 is 1.43 bits per heavy atom. The van der Waals surface area contributed by atoms with Crippen LogP contribution in [0.25, 0.3) is 5.57 Å².